The third-order valence-corrected chi connectivity index (χ3v) is 6.45. The van der Waals surface area contributed by atoms with Gasteiger partial charge in [0.05, 0.1) is 0 Å². The highest BCUT2D eigenvalue weighted by atomic mass is 16.1. The second kappa shape index (κ2) is 8.09. The van der Waals surface area contributed by atoms with Gasteiger partial charge in [-0.15, -0.1) is 0 Å². The number of benzene rings is 6. The second-order valence-corrected chi connectivity index (χ2v) is 8.39. The van der Waals surface area contributed by atoms with Crippen molar-refractivity contribution in [2.75, 3.05) is 0 Å². The number of fused-ring (bicyclic) bond motifs is 6. The first kappa shape index (κ1) is 20.1. The molecule has 0 aliphatic rings. The second-order valence-electron chi connectivity index (χ2n) is 8.39. The van der Waals surface area contributed by atoms with Crippen molar-refractivity contribution in [1.82, 2.24) is 0 Å². The number of hydrogen-bond donors (Lipinski definition) is 0. The quantitative estimate of drug-likeness (QED) is 0.210. The number of rotatable bonds is 4. The molecular weight excluding hydrogens is 416 g/mol. The maximum absolute atomic E-state index is 14.0. The predicted molar refractivity (Wildman–Crippen MR) is 139 cm³/mol. The van der Waals surface area contributed by atoms with Gasteiger partial charge in [-0.3, -0.25) is 9.59 Å². The SMILES string of the molecule is O=C(c1ccccc1)c1ccc2c3ccccc3c3ccccc3c2c1C(=O)c1ccccc1. The van der Waals surface area contributed by atoms with Crippen LogP contribution in [0.15, 0.2) is 121 Å². The summed E-state index contributed by atoms with van der Waals surface area (Å²) in [5.41, 5.74) is 2.01. The van der Waals surface area contributed by atoms with Crippen LogP contribution < -0.4 is 0 Å². The Morgan fingerprint density at radius 2 is 0.794 bits per heavy atom. The van der Waals surface area contributed by atoms with Crippen molar-refractivity contribution in [3.05, 3.63) is 144 Å². The first-order valence-corrected chi connectivity index (χ1v) is 11.3. The maximum atomic E-state index is 14.0. The molecule has 0 atom stereocenters. The normalized spacial score (nSPS) is 11.2. The van der Waals surface area contributed by atoms with Gasteiger partial charge in [-0.05, 0) is 33.0 Å². The molecule has 2 heteroatoms. The van der Waals surface area contributed by atoms with E-state index in [0.717, 1.165) is 32.3 Å². The fourth-order valence-electron chi connectivity index (χ4n) is 4.90. The van der Waals surface area contributed by atoms with Crippen LogP contribution in [0.25, 0.3) is 32.3 Å². The topological polar surface area (TPSA) is 34.1 Å². The Morgan fingerprint density at radius 3 is 1.35 bits per heavy atom. The lowest BCUT2D eigenvalue weighted by Gasteiger charge is -2.17. The Hall–Kier alpha value is -4.56. The zero-order chi connectivity index (χ0) is 23.1. The zero-order valence-corrected chi connectivity index (χ0v) is 18.4. The summed E-state index contributed by atoms with van der Waals surface area (Å²) in [7, 11) is 0. The van der Waals surface area contributed by atoms with Gasteiger partial charge in [-0.1, -0.05) is 115 Å². The molecule has 0 unspecified atom stereocenters. The third-order valence-electron chi connectivity index (χ3n) is 6.45. The zero-order valence-electron chi connectivity index (χ0n) is 18.4. The molecule has 0 saturated heterocycles. The maximum Gasteiger partial charge on any atom is 0.194 e. The summed E-state index contributed by atoms with van der Waals surface area (Å²) in [6.07, 6.45) is 0. The molecule has 0 bridgehead atoms. The van der Waals surface area contributed by atoms with Crippen LogP contribution in [-0.2, 0) is 0 Å². The molecule has 0 aliphatic carbocycles. The summed E-state index contributed by atoms with van der Waals surface area (Å²) in [5, 5.41) is 6.03. The minimum atomic E-state index is -0.154. The fourth-order valence-corrected chi connectivity index (χ4v) is 4.90. The third kappa shape index (κ3) is 3.12. The Balaban J connectivity index is 1.79. The summed E-state index contributed by atoms with van der Waals surface area (Å²) in [6, 6.07) is 38.5. The van der Waals surface area contributed by atoms with E-state index in [0.29, 0.717) is 22.3 Å². The van der Waals surface area contributed by atoms with E-state index in [2.05, 4.69) is 18.2 Å². The lowest BCUT2D eigenvalue weighted by Crippen LogP contribution is -2.12. The van der Waals surface area contributed by atoms with Gasteiger partial charge in [-0.2, -0.15) is 0 Å². The van der Waals surface area contributed by atoms with Gasteiger partial charge in [0.25, 0.3) is 0 Å². The van der Waals surface area contributed by atoms with Gasteiger partial charge >= 0.3 is 0 Å². The summed E-state index contributed by atoms with van der Waals surface area (Å²) < 4.78 is 0. The van der Waals surface area contributed by atoms with Crippen molar-refractivity contribution in [2.24, 2.45) is 0 Å². The van der Waals surface area contributed by atoms with Crippen LogP contribution >= 0.6 is 0 Å². The van der Waals surface area contributed by atoms with Crippen molar-refractivity contribution < 1.29 is 9.59 Å². The van der Waals surface area contributed by atoms with Gasteiger partial charge in [0.1, 0.15) is 0 Å². The van der Waals surface area contributed by atoms with Crippen LogP contribution in [0.3, 0.4) is 0 Å². The lowest BCUT2D eigenvalue weighted by molar-refractivity contribution is 0.100. The highest BCUT2D eigenvalue weighted by molar-refractivity contribution is 6.34. The number of hydrogen-bond acceptors (Lipinski definition) is 2. The van der Waals surface area contributed by atoms with Crippen LogP contribution in [0.2, 0.25) is 0 Å². The summed E-state index contributed by atoms with van der Waals surface area (Å²) in [5.74, 6) is -0.301. The Morgan fingerprint density at radius 1 is 0.382 bits per heavy atom. The van der Waals surface area contributed by atoms with Crippen molar-refractivity contribution in [3.63, 3.8) is 0 Å². The summed E-state index contributed by atoms with van der Waals surface area (Å²) >= 11 is 0. The van der Waals surface area contributed by atoms with Crippen LogP contribution in [0.5, 0.6) is 0 Å². The molecule has 0 amide bonds. The van der Waals surface area contributed by atoms with E-state index in [4.69, 9.17) is 0 Å². The van der Waals surface area contributed by atoms with E-state index in [-0.39, 0.29) is 11.6 Å². The first-order valence-electron chi connectivity index (χ1n) is 11.3. The van der Waals surface area contributed by atoms with Gasteiger partial charge < -0.3 is 0 Å². The van der Waals surface area contributed by atoms with Gasteiger partial charge in [0.2, 0.25) is 0 Å². The predicted octanol–water partition coefficient (Wildman–Crippen LogP) is 7.61. The van der Waals surface area contributed by atoms with E-state index in [1.54, 1.807) is 24.3 Å². The highest BCUT2D eigenvalue weighted by Gasteiger charge is 2.24. The van der Waals surface area contributed by atoms with Crippen LogP contribution in [0, 0.1) is 0 Å². The van der Waals surface area contributed by atoms with Gasteiger partial charge in [0.15, 0.2) is 11.6 Å². The number of carbonyl (C=O) groups is 2. The highest BCUT2D eigenvalue weighted by Crippen LogP contribution is 2.39. The number of carbonyl (C=O) groups excluding carboxylic acids is 2. The molecule has 160 valence electrons. The Labute approximate surface area is 197 Å². The molecule has 6 aromatic carbocycles. The molecule has 0 aromatic heterocycles. The average molecular weight is 437 g/mol. The van der Waals surface area contributed by atoms with E-state index in [1.165, 1.54) is 0 Å². The van der Waals surface area contributed by atoms with Crippen molar-refractivity contribution in [1.29, 1.82) is 0 Å². The van der Waals surface area contributed by atoms with Crippen molar-refractivity contribution in [2.45, 2.75) is 0 Å². The number of ketones is 2. The first-order chi connectivity index (χ1) is 16.7. The fraction of sp³-hybridized carbons (Fsp3) is 0. The largest absolute Gasteiger partial charge is 0.289 e. The molecule has 0 fully saturated rings. The molecular formula is C32H20O2. The monoisotopic (exact) mass is 436 g/mol. The minimum Gasteiger partial charge on any atom is -0.289 e. The molecule has 2 nitrogen and oxygen atoms in total. The summed E-state index contributed by atoms with van der Waals surface area (Å²) in [4.78, 5) is 27.7. The summed E-state index contributed by atoms with van der Waals surface area (Å²) in [6.45, 7) is 0. The van der Waals surface area contributed by atoms with Gasteiger partial charge in [0, 0.05) is 27.6 Å². The van der Waals surface area contributed by atoms with E-state index in [9.17, 15) is 9.59 Å². The standard InChI is InChI=1S/C32H20O2/c33-31(21-11-3-1-4-12-21)28-20-19-27-25-17-8-7-15-23(25)24-16-9-10-18-26(24)29(27)30(28)32(34)22-13-5-2-6-14-22/h1-20H. The molecule has 0 heterocycles. The smallest absolute Gasteiger partial charge is 0.194 e. The molecule has 0 N–H and O–H groups in total. The van der Waals surface area contributed by atoms with Crippen molar-refractivity contribution >= 4 is 43.9 Å². The molecule has 0 aliphatic heterocycles. The molecule has 0 radical (unpaired) electrons. The lowest BCUT2D eigenvalue weighted by atomic mass is 9.85. The van der Waals surface area contributed by atoms with Crippen molar-refractivity contribution in [3.8, 4) is 0 Å². The van der Waals surface area contributed by atoms with E-state index < -0.39 is 0 Å². The van der Waals surface area contributed by atoms with Crippen LogP contribution in [-0.4, -0.2) is 11.6 Å². The van der Waals surface area contributed by atoms with Crippen LogP contribution in [0.1, 0.15) is 31.8 Å². The molecule has 34 heavy (non-hydrogen) atoms. The minimum absolute atomic E-state index is 0.147. The van der Waals surface area contributed by atoms with Gasteiger partial charge in [-0.25, -0.2) is 0 Å². The molecule has 6 rings (SSSR count). The average Bonchev–Trinajstić information content (AvgIpc) is 2.92. The molecule has 6 aromatic rings. The molecule has 0 spiro atoms. The Bertz CT molecular complexity index is 1680. The van der Waals surface area contributed by atoms with E-state index in [1.807, 2.05) is 78.9 Å². The van der Waals surface area contributed by atoms with Crippen LogP contribution in [0.4, 0.5) is 0 Å². The van der Waals surface area contributed by atoms with E-state index >= 15 is 0 Å². The Kier molecular flexibility index (Phi) is 4.78. The molecule has 0 saturated carbocycles.